The van der Waals surface area contributed by atoms with Gasteiger partial charge in [-0.1, -0.05) is 12.8 Å². The van der Waals surface area contributed by atoms with E-state index in [1.54, 1.807) is 0 Å². The van der Waals surface area contributed by atoms with Crippen molar-refractivity contribution in [3.8, 4) is 0 Å². The second-order valence-corrected chi connectivity index (χ2v) is 4.58. The van der Waals surface area contributed by atoms with Gasteiger partial charge in [0, 0.05) is 12.8 Å². The van der Waals surface area contributed by atoms with Crippen LogP contribution >= 0.6 is 0 Å². The lowest BCUT2D eigenvalue weighted by Crippen LogP contribution is -2.29. The van der Waals surface area contributed by atoms with Crippen molar-refractivity contribution in [3.05, 3.63) is 0 Å². The summed E-state index contributed by atoms with van der Waals surface area (Å²) in [7, 11) is 0. The van der Waals surface area contributed by atoms with E-state index in [-0.39, 0.29) is 12.8 Å². The molecule has 0 aromatic rings. The van der Waals surface area contributed by atoms with Crippen molar-refractivity contribution in [3.63, 3.8) is 0 Å². The van der Waals surface area contributed by atoms with E-state index in [0.29, 0.717) is 25.8 Å². The van der Waals surface area contributed by atoms with E-state index < -0.39 is 23.9 Å². The molecule has 0 aliphatic rings. The summed E-state index contributed by atoms with van der Waals surface area (Å²) in [6.07, 6.45) is 4.34. The average molecular weight is 306 g/mol. The van der Waals surface area contributed by atoms with Gasteiger partial charge in [-0.05, 0) is 32.2 Å². The normalized spacial score (nSPS) is 11.1. The smallest absolute Gasteiger partial charge is 0.320 e. The molecule has 0 aliphatic carbocycles. The molecule has 0 rings (SSSR count). The first-order valence-corrected chi connectivity index (χ1v) is 6.93. The minimum Gasteiger partial charge on any atom is -0.481 e. The molecule has 124 valence electrons. The summed E-state index contributed by atoms with van der Waals surface area (Å²) in [5, 5.41) is 24.8. The zero-order valence-electron chi connectivity index (χ0n) is 12.2. The topological polar surface area (TPSA) is 164 Å². The lowest BCUT2D eigenvalue weighted by atomic mass is 10.1. The number of nitrogens with two attached hydrogens (primary N) is 2. The van der Waals surface area contributed by atoms with Crippen LogP contribution in [0.5, 0.6) is 0 Å². The Hall–Kier alpha value is -1.67. The molecule has 7 N–H and O–H groups in total. The summed E-state index contributed by atoms with van der Waals surface area (Å²) >= 11 is 0. The molecule has 0 radical (unpaired) electrons. The largest absolute Gasteiger partial charge is 0.481 e. The van der Waals surface area contributed by atoms with Gasteiger partial charge in [-0.2, -0.15) is 0 Å². The van der Waals surface area contributed by atoms with E-state index in [9.17, 15) is 14.4 Å². The zero-order chi connectivity index (χ0) is 16.7. The number of carboxylic acids is 3. The van der Waals surface area contributed by atoms with Crippen LogP contribution in [0.4, 0.5) is 0 Å². The van der Waals surface area contributed by atoms with Gasteiger partial charge < -0.3 is 26.8 Å². The fourth-order valence-electron chi connectivity index (χ4n) is 1.36. The van der Waals surface area contributed by atoms with Gasteiger partial charge in [0.1, 0.15) is 6.04 Å². The number of hydrogen-bond donors (Lipinski definition) is 5. The van der Waals surface area contributed by atoms with Gasteiger partial charge in [0.15, 0.2) is 0 Å². The van der Waals surface area contributed by atoms with Crippen molar-refractivity contribution in [1.29, 1.82) is 0 Å². The van der Waals surface area contributed by atoms with Crippen molar-refractivity contribution in [2.75, 3.05) is 6.54 Å². The summed E-state index contributed by atoms with van der Waals surface area (Å²) in [6.45, 7) is 0.666. The third kappa shape index (κ3) is 20.8. The number of unbranched alkanes of at least 4 members (excludes halogenated alkanes) is 3. The Bertz CT molecular complexity index is 309. The van der Waals surface area contributed by atoms with Gasteiger partial charge in [-0.3, -0.25) is 14.4 Å². The Morgan fingerprint density at radius 2 is 1.29 bits per heavy atom. The first-order chi connectivity index (χ1) is 9.81. The summed E-state index contributed by atoms with van der Waals surface area (Å²) in [6, 6.07) is -0.862. The van der Waals surface area contributed by atoms with E-state index in [2.05, 4.69) is 0 Å². The fourth-order valence-corrected chi connectivity index (χ4v) is 1.36. The van der Waals surface area contributed by atoms with Crippen LogP contribution in [0.25, 0.3) is 0 Å². The predicted molar refractivity (Wildman–Crippen MR) is 76.9 cm³/mol. The highest BCUT2D eigenvalue weighted by atomic mass is 16.4. The Morgan fingerprint density at radius 1 is 0.810 bits per heavy atom. The molecule has 0 heterocycles. The van der Waals surface area contributed by atoms with E-state index in [1.807, 2.05) is 0 Å². The maximum Gasteiger partial charge on any atom is 0.320 e. The third-order valence-electron chi connectivity index (χ3n) is 2.57. The summed E-state index contributed by atoms with van der Waals surface area (Å²) in [5.41, 5.74) is 10.4. The second-order valence-electron chi connectivity index (χ2n) is 4.58. The Morgan fingerprint density at radius 3 is 1.67 bits per heavy atom. The standard InChI is InChI=1S/C7H13NO4.C6H13NO2/c8-5(7(11)12)3-1-2-4-6(9)10;7-5-3-1-2-4-6(8)9/h5H,1-4,8H2,(H,9,10)(H,11,12);1-5,7H2,(H,8,9). The number of hydrogen-bond acceptors (Lipinski definition) is 5. The minimum absolute atomic E-state index is 0.0757. The van der Waals surface area contributed by atoms with Gasteiger partial charge in [-0.15, -0.1) is 0 Å². The molecular formula is C13H26N2O6. The molecule has 21 heavy (non-hydrogen) atoms. The Labute approximate surface area is 124 Å². The van der Waals surface area contributed by atoms with Crippen molar-refractivity contribution in [2.45, 2.75) is 57.4 Å². The molecule has 1 atom stereocenters. The molecule has 0 aliphatic heterocycles. The van der Waals surface area contributed by atoms with Crippen LogP contribution in [0, 0.1) is 0 Å². The lowest BCUT2D eigenvalue weighted by Gasteiger charge is -2.03. The molecule has 0 bridgehead atoms. The minimum atomic E-state index is -1.04. The number of carbonyl (C=O) groups is 3. The molecule has 0 fully saturated rings. The predicted octanol–water partition coefficient (Wildman–Crippen LogP) is 0.633. The van der Waals surface area contributed by atoms with Gasteiger partial charge in [-0.25, -0.2) is 0 Å². The average Bonchev–Trinajstić information content (AvgIpc) is 2.39. The van der Waals surface area contributed by atoms with Gasteiger partial charge in [0.2, 0.25) is 0 Å². The molecule has 0 saturated carbocycles. The molecule has 0 aromatic carbocycles. The van der Waals surface area contributed by atoms with Crippen molar-refractivity contribution in [2.24, 2.45) is 11.5 Å². The molecule has 0 spiro atoms. The summed E-state index contributed by atoms with van der Waals surface area (Å²) in [4.78, 5) is 30.1. The Balaban J connectivity index is 0. The van der Waals surface area contributed by atoms with Crippen LogP contribution in [-0.4, -0.2) is 45.8 Å². The van der Waals surface area contributed by atoms with Crippen LogP contribution in [0.1, 0.15) is 51.4 Å². The third-order valence-corrected chi connectivity index (χ3v) is 2.57. The highest BCUT2D eigenvalue weighted by Crippen LogP contribution is 2.02. The maximum atomic E-state index is 10.2. The highest BCUT2D eigenvalue weighted by molar-refractivity contribution is 5.73. The lowest BCUT2D eigenvalue weighted by molar-refractivity contribution is -0.139. The SMILES string of the molecule is NC(CCCCC(=O)O)C(=O)O.NCCCCCC(=O)O. The van der Waals surface area contributed by atoms with Gasteiger partial charge in [0.25, 0.3) is 0 Å². The van der Waals surface area contributed by atoms with E-state index in [0.717, 1.165) is 19.3 Å². The van der Waals surface area contributed by atoms with E-state index in [1.165, 1.54) is 0 Å². The molecular weight excluding hydrogens is 280 g/mol. The van der Waals surface area contributed by atoms with Crippen LogP contribution in [0.2, 0.25) is 0 Å². The summed E-state index contributed by atoms with van der Waals surface area (Å²) in [5.74, 6) is -2.61. The van der Waals surface area contributed by atoms with Crippen LogP contribution < -0.4 is 11.5 Å². The molecule has 8 nitrogen and oxygen atoms in total. The van der Waals surface area contributed by atoms with Crippen LogP contribution in [0.3, 0.4) is 0 Å². The first-order valence-electron chi connectivity index (χ1n) is 6.93. The van der Waals surface area contributed by atoms with Gasteiger partial charge in [0.05, 0.1) is 0 Å². The molecule has 1 unspecified atom stereocenters. The zero-order valence-corrected chi connectivity index (χ0v) is 12.2. The first kappa shape index (κ1) is 21.6. The summed E-state index contributed by atoms with van der Waals surface area (Å²) < 4.78 is 0. The molecule has 0 amide bonds. The second kappa shape index (κ2) is 14.7. The highest BCUT2D eigenvalue weighted by Gasteiger charge is 2.10. The molecule has 0 saturated heterocycles. The quantitative estimate of drug-likeness (QED) is 0.347. The van der Waals surface area contributed by atoms with E-state index >= 15 is 0 Å². The Kier molecular flexibility index (Phi) is 15.2. The van der Waals surface area contributed by atoms with Gasteiger partial charge >= 0.3 is 17.9 Å². The number of aliphatic carboxylic acids is 3. The van der Waals surface area contributed by atoms with E-state index in [4.69, 9.17) is 26.8 Å². The van der Waals surface area contributed by atoms with Crippen molar-refractivity contribution < 1.29 is 29.7 Å². The molecule has 8 heteroatoms. The van der Waals surface area contributed by atoms with Crippen molar-refractivity contribution in [1.82, 2.24) is 0 Å². The van der Waals surface area contributed by atoms with Crippen LogP contribution in [-0.2, 0) is 14.4 Å². The van der Waals surface area contributed by atoms with Crippen molar-refractivity contribution >= 4 is 17.9 Å². The van der Waals surface area contributed by atoms with Crippen LogP contribution in [0.15, 0.2) is 0 Å². The number of carboxylic acid groups (broad SMARTS) is 3. The number of rotatable bonds is 11. The maximum absolute atomic E-state index is 10.2. The monoisotopic (exact) mass is 306 g/mol. The molecule has 0 aromatic heterocycles. The fraction of sp³-hybridized carbons (Fsp3) is 0.769.